The van der Waals surface area contributed by atoms with Crippen molar-refractivity contribution in [2.45, 2.75) is 10.9 Å². The van der Waals surface area contributed by atoms with Crippen LogP contribution in [0.3, 0.4) is 0 Å². The van der Waals surface area contributed by atoms with E-state index in [0.717, 1.165) is 19.2 Å². The van der Waals surface area contributed by atoms with Crippen LogP contribution in [-0.4, -0.2) is 39.6 Å². The summed E-state index contributed by atoms with van der Waals surface area (Å²) < 4.78 is 32.5. The third kappa shape index (κ3) is 2.89. The molecule has 1 saturated carbocycles. The van der Waals surface area contributed by atoms with Gasteiger partial charge in [0.15, 0.2) is 0 Å². The van der Waals surface area contributed by atoms with E-state index in [2.05, 4.69) is 10.0 Å². The van der Waals surface area contributed by atoms with E-state index < -0.39 is 14.9 Å². The quantitative estimate of drug-likeness (QED) is 0.592. The molecule has 0 bridgehead atoms. The minimum absolute atomic E-state index is 0. The van der Waals surface area contributed by atoms with Crippen molar-refractivity contribution in [1.29, 1.82) is 0 Å². The van der Waals surface area contributed by atoms with Gasteiger partial charge in [-0.15, -0.1) is 12.4 Å². The summed E-state index contributed by atoms with van der Waals surface area (Å²) in [5.41, 5.74) is -0.283. The summed E-state index contributed by atoms with van der Waals surface area (Å²) in [6.07, 6.45) is 0. The monoisotopic (exact) mass is 349 g/mol. The van der Waals surface area contributed by atoms with Crippen molar-refractivity contribution in [1.82, 2.24) is 10.0 Å². The Morgan fingerprint density at radius 3 is 2.55 bits per heavy atom. The number of benzene rings is 1. The minimum Gasteiger partial charge on any atom is -0.495 e. The number of non-ortho nitro benzene ring substituents is 1. The van der Waals surface area contributed by atoms with E-state index in [4.69, 9.17) is 4.74 Å². The fourth-order valence-electron chi connectivity index (χ4n) is 2.82. The lowest BCUT2D eigenvalue weighted by Gasteiger charge is -2.11. The number of halogens is 1. The van der Waals surface area contributed by atoms with Crippen LogP contribution in [0.15, 0.2) is 23.1 Å². The lowest BCUT2D eigenvalue weighted by atomic mass is 10.3. The van der Waals surface area contributed by atoms with Gasteiger partial charge in [0, 0.05) is 18.2 Å². The number of hydrogen-bond donors (Lipinski definition) is 2. The van der Waals surface area contributed by atoms with Gasteiger partial charge in [0.1, 0.15) is 10.6 Å². The second-order valence-electron chi connectivity index (χ2n) is 5.23. The normalized spacial score (nSPS) is 26.0. The van der Waals surface area contributed by atoms with Crippen LogP contribution in [0.25, 0.3) is 0 Å². The molecule has 1 saturated heterocycles. The molecule has 1 aliphatic carbocycles. The summed E-state index contributed by atoms with van der Waals surface area (Å²) in [6, 6.07) is 3.44. The fourth-order valence-corrected chi connectivity index (χ4v) is 4.35. The van der Waals surface area contributed by atoms with Gasteiger partial charge in [0.05, 0.1) is 12.0 Å². The SMILES string of the molecule is COc1ccc([N+](=O)[O-])cc1S(=O)(=O)NC1C2CNCC21.Cl. The lowest BCUT2D eigenvalue weighted by Crippen LogP contribution is -2.32. The maximum absolute atomic E-state index is 12.4. The molecule has 1 aromatic carbocycles. The van der Waals surface area contributed by atoms with Gasteiger partial charge in [-0.2, -0.15) is 0 Å². The molecule has 2 N–H and O–H groups in total. The van der Waals surface area contributed by atoms with Crippen LogP contribution >= 0.6 is 12.4 Å². The molecule has 0 spiro atoms. The summed E-state index contributed by atoms with van der Waals surface area (Å²) in [5, 5.41) is 14.0. The van der Waals surface area contributed by atoms with Crippen LogP contribution < -0.4 is 14.8 Å². The Labute approximate surface area is 133 Å². The van der Waals surface area contributed by atoms with E-state index in [1.807, 2.05) is 0 Å². The van der Waals surface area contributed by atoms with Gasteiger partial charge < -0.3 is 10.1 Å². The molecule has 8 nitrogen and oxygen atoms in total. The summed E-state index contributed by atoms with van der Waals surface area (Å²) >= 11 is 0. The van der Waals surface area contributed by atoms with Crippen molar-refractivity contribution in [3.8, 4) is 5.75 Å². The van der Waals surface area contributed by atoms with Gasteiger partial charge >= 0.3 is 0 Å². The minimum atomic E-state index is -3.85. The summed E-state index contributed by atoms with van der Waals surface area (Å²) in [5.74, 6) is 0.714. The molecule has 22 heavy (non-hydrogen) atoms. The van der Waals surface area contributed by atoms with Crippen molar-refractivity contribution >= 4 is 28.1 Å². The number of hydrogen-bond acceptors (Lipinski definition) is 6. The van der Waals surface area contributed by atoms with Crippen LogP contribution in [0.4, 0.5) is 5.69 Å². The van der Waals surface area contributed by atoms with Crippen LogP contribution in [0.5, 0.6) is 5.75 Å². The van der Waals surface area contributed by atoms with Gasteiger partial charge in [-0.05, 0) is 31.0 Å². The molecule has 2 aliphatic rings. The first-order valence-corrected chi connectivity index (χ1v) is 7.98. The summed E-state index contributed by atoms with van der Waals surface area (Å²) in [7, 11) is -2.52. The van der Waals surface area contributed by atoms with Crippen molar-refractivity contribution in [2.75, 3.05) is 20.2 Å². The molecular formula is C12H16ClN3O5S. The fraction of sp³-hybridized carbons (Fsp3) is 0.500. The highest BCUT2D eigenvalue weighted by Crippen LogP contribution is 2.43. The standard InChI is InChI=1S/C12H15N3O5S.ClH/c1-20-10-3-2-7(15(16)17)4-11(10)21(18,19)14-12-8-5-13-6-9(8)12;/h2-4,8-9,12-14H,5-6H2,1H3;1H. The average Bonchev–Trinajstić information content (AvgIpc) is 2.88. The number of ether oxygens (including phenoxy) is 1. The Morgan fingerprint density at radius 1 is 1.36 bits per heavy atom. The largest absolute Gasteiger partial charge is 0.495 e. The smallest absolute Gasteiger partial charge is 0.271 e. The highest BCUT2D eigenvalue weighted by molar-refractivity contribution is 7.89. The van der Waals surface area contributed by atoms with E-state index >= 15 is 0 Å². The summed E-state index contributed by atoms with van der Waals surface area (Å²) in [4.78, 5) is 9.99. The lowest BCUT2D eigenvalue weighted by molar-refractivity contribution is -0.385. The highest BCUT2D eigenvalue weighted by atomic mass is 35.5. The van der Waals surface area contributed by atoms with Gasteiger partial charge in [0.2, 0.25) is 10.0 Å². The van der Waals surface area contributed by atoms with Crippen molar-refractivity contribution in [2.24, 2.45) is 11.8 Å². The number of methoxy groups -OCH3 is 1. The first-order valence-electron chi connectivity index (χ1n) is 6.49. The molecule has 122 valence electrons. The molecule has 1 aliphatic heterocycles. The molecule has 1 aromatic rings. The molecule has 10 heteroatoms. The number of rotatable bonds is 5. The predicted molar refractivity (Wildman–Crippen MR) is 80.9 cm³/mol. The van der Waals surface area contributed by atoms with E-state index in [0.29, 0.717) is 11.8 Å². The average molecular weight is 350 g/mol. The Kier molecular flexibility index (Phi) is 4.62. The Balaban J connectivity index is 0.00000176. The molecule has 2 atom stereocenters. The molecular weight excluding hydrogens is 334 g/mol. The van der Waals surface area contributed by atoms with E-state index in [1.54, 1.807) is 0 Å². The van der Waals surface area contributed by atoms with Crippen LogP contribution in [0.1, 0.15) is 0 Å². The third-order valence-corrected chi connectivity index (χ3v) is 5.51. The molecule has 1 heterocycles. The zero-order chi connectivity index (χ0) is 15.2. The Hall–Kier alpha value is -1.42. The number of nitro benzene ring substituents is 1. The zero-order valence-electron chi connectivity index (χ0n) is 11.7. The molecule has 2 unspecified atom stereocenters. The van der Waals surface area contributed by atoms with Gasteiger partial charge in [-0.3, -0.25) is 10.1 Å². The van der Waals surface area contributed by atoms with E-state index in [-0.39, 0.29) is 34.8 Å². The zero-order valence-corrected chi connectivity index (χ0v) is 13.3. The maximum atomic E-state index is 12.4. The van der Waals surface area contributed by atoms with E-state index in [9.17, 15) is 18.5 Å². The molecule has 0 amide bonds. The molecule has 0 radical (unpaired) electrons. The number of fused-ring (bicyclic) bond motifs is 1. The first kappa shape index (κ1) is 16.9. The van der Waals surface area contributed by atoms with Gasteiger partial charge in [0.25, 0.3) is 5.69 Å². The van der Waals surface area contributed by atoms with E-state index in [1.165, 1.54) is 19.2 Å². The van der Waals surface area contributed by atoms with Gasteiger partial charge in [-0.25, -0.2) is 13.1 Å². The second kappa shape index (κ2) is 5.99. The maximum Gasteiger partial charge on any atom is 0.271 e. The number of nitrogens with one attached hydrogen (secondary N) is 2. The number of sulfonamides is 1. The predicted octanol–water partition coefficient (Wildman–Crippen LogP) is 0.521. The van der Waals surface area contributed by atoms with Gasteiger partial charge in [-0.1, -0.05) is 0 Å². The first-order chi connectivity index (χ1) is 9.94. The van der Waals surface area contributed by atoms with Crippen molar-refractivity contribution < 1.29 is 18.1 Å². The topological polar surface area (TPSA) is 111 Å². The van der Waals surface area contributed by atoms with Crippen LogP contribution in [-0.2, 0) is 10.0 Å². The Morgan fingerprint density at radius 2 is 2.00 bits per heavy atom. The Bertz CT molecular complexity index is 686. The van der Waals surface area contributed by atoms with Crippen molar-refractivity contribution in [3.63, 3.8) is 0 Å². The molecule has 0 aromatic heterocycles. The van der Waals surface area contributed by atoms with Crippen molar-refractivity contribution in [3.05, 3.63) is 28.3 Å². The van der Waals surface area contributed by atoms with Crippen LogP contribution in [0.2, 0.25) is 0 Å². The number of nitrogens with zero attached hydrogens (tertiary/aromatic N) is 1. The summed E-state index contributed by atoms with van der Waals surface area (Å²) in [6.45, 7) is 1.59. The number of nitro groups is 1. The number of piperidine rings is 1. The highest BCUT2D eigenvalue weighted by Gasteiger charge is 2.54. The third-order valence-electron chi connectivity index (χ3n) is 4.03. The molecule has 2 fully saturated rings. The molecule has 3 rings (SSSR count). The van der Waals surface area contributed by atoms with Crippen LogP contribution in [0, 0.1) is 22.0 Å². The second-order valence-corrected chi connectivity index (χ2v) is 6.91.